The Morgan fingerprint density at radius 3 is 2.20 bits per heavy atom. The molecule has 0 amide bonds. The van der Waals surface area contributed by atoms with E-state index in [9.17, 15) is 0 Å². The van der Waals surface area contributed by atoms with E-state index in [0.29, 0.717) is 0 Å². The molecule has 0 spiro atoms. The number of fused-ring (bicyclic) bond motifs is 1. The summed E-state index contributed by atoms with van der Waals surface area (Å²) in [4.78, 5) is 8.29. The number of nitrogens with zero attached hydrogens (tertiary/aromatic N) is 1. The minimum absolute atomic E-state index is 0.106. The molecule has 1 aromatic heterocycles. The maximum atomic E-state index is 4.80. The molecule has 3 aromatic rings. The van der Waals surface area contributed by atoms with E-state index >= 15 is 0 Å². The second kappa shape index (κ2) is 4.78. The van der Waals surface area contributed by atoms with Gasteiger partial charge in [0.1, 0.15) is 5.82 Å². The van der Waals surface area contributed by atoms with Crippen LogP contribution in [0.25, 0.3) is 11.0 Å². The maximum absolute atomic E-state index is 4.80. The largest absolute Gasteiger partial charge is 0.341 e. The van der Waals surface area contributed by atoms with Gasteiger partial charge in [0.15, 0.2) is 0 Å². The standard InChI is InChI=1S/C18H20N2/c1-18(2,3)16(13-9-5-4-6-10-13)17-19-14-11-7-8-12-15(14)20-17/h4-12,16H,1-3H3,(H,19,20). The molecule has 1 unspecified atom stereocenters. The van der Waals surface area contributed by atoms with Crippen LogP contribution < -0.4 is 0 Å². The third-order valence-electron chi connectivity index (χ3n) is 3.68. The van der Waals surface area contributed by atoms with Crippen LogP contribution in [0, 0.1) is 5.41 Å². The third-order valence-corrected chi connectivity index (χ3v) is 3.68. The normalized spacial score (nSPS) is 13.6. The molecular formula is C18H20N2. The van der Waals surface area contributed by atoms with Gasteiger partial charge in [0.25, 0.3) is 0 Å². The first-order valence-corrected chi connectivity index (χ1v) is 7.05. The fourth-order valence-electron chi connectivity index (χ4n) is 2.82. The van der Waals surface area contributed by atoms with Crippen LogP contribution in [0.1, 0.15) is 38.1 Å². The van der Waals surface area contributed by atoms with Gasteiger partial charge in [-0.05, 0) is 23.1 Å². The number of benzene rings is 2. The zero-order chi connectivity index (χ0) is 14.2. The summed E-state index contributed by atoms with van der Waals surface area (Å²) >= 11 is 0. The van der Waals surface area contributed by atoms with Crippen molar-refractivity contribution >= 4 is 11.0 Å². The Hall–Kier alpha value is -2.09. The first kappa shape index (κ1) is 12.9. The Kier molecular flexibility index (Phi) is 3.09. The molecule has 0 aliphatic rings. The highest BCUT2D eigenvalue weighted by Crippen LogP contribution is 2.39. The van der Waals surface area contributed by atoms with Crippen LogP contribution in [-0.2, 0) is 0 Å². The molecular weight excluding hydrogens is 244 g/mol. The maximum Gasteiger partial charge on any atom is 0.115 e. The van der Waals surface area contributed by atoms with Gasteiger partial charge >= 0.3 is 0 Å². The van der Waals surface area contributed by atoms with Crippen molar-refractivity contribution in [1.29, 1.82) is 0 Å². The number of aromatic amines is 1. The number of rotatable bonds is 2. The van der Waals surface area contributed by atoms with Crippen molar-refractivity contribution in [3.8, 4) is 0 Å². The molecule has 3 rings (SSSR count). The smallest absolute Gasteiger partial charge is 0.115 e. The van der Waals surface area contributed by atoms with Gasteiger partial charge < -0.3 is 4.98 Å². The molecule has 0 fully saturated rings. The fourth-order valence-corrected chi connectivity index (χ4v) is 2.82. The summed E-state index contributed by atoms with van der Waals surface area (Å²) in [5, 5.41) is 0. The van der Waals surface area contributed by atoms with Gasteiger partial charge in [0, 0.05) is 5.92 Å². The molecule has 1 atom stereocenters. The minimum atomic E-state index is 0.106. The fraction of sp³-hybridized carbons (Fsp3) is 0.278. The van der Waals surface area contributed by atoms with Crippen LogP contribution in [0.4, 0.5) is 0 Å². The van der Waals surface area contributed by atoms with Crippen LogP contribution in [0.2, 0.25) is 0 Å². The Morgan fingerprint density at radius 1 is 0.900 bits per heavy atom. The van der Waals surface area contributed by atoms with Crippen LogP contribution in [0.3, 0.4) is 0 Å². The molecule has 1 heterocycles. The van der Waals surface area contributed by atoms with Crippen molar-refractivity contribution in [3.63, 3.8) is 0 Å². The number of para-hydroxylation sites is 2. The first-order chi connectivity index (χ1) is 9.55. The molecule has 102 valence electrons. The Morgan fingerprint density at radius 2 is 1.55 bits per heavy atom. The van der Waals surface area contributed by atoms with Crippen LogP contribution in [0.15, 0.2) is 54.6 Å². The first-order valence-electron chi connectivity index (χ1n) is 7.05. The molecule has 2 nitrogen and oxygen atoms in total. The molecule has 1 N–H and O–H groups in total. The highest BCUT2D eigenvalue weighted by molar-refractivity contribution is 5.75. The van der Waals surface area contributed by atoms with E-state index in [2.05, 4.69) is 68.2 Å². The van der Waals surface area contributed by atoms with Crippen LogP contribution in [-0.4, -0.2) is 9.97 Å². The van der Waals surface area contributed by atoms with Crippen molar-refractivity contribution in [2.75, 3.05) is 0 Å². The predicted molar refractivity (Wildman–Crippen MR) is 83.8 cm³/mol. The van der Waals surface area contributed by atoms with Gasteiger partial charge in [-0.15, -0.1) is 0 Å². The van der Waals surface area contributed by atoms with Gasteiger partial charge in [-0.3, -0.25) is 0 Å². The quantitative estimate of drug-likeness (QED) is 0.711. The Bertz CT molecular complexity index is 672. The highest BCUT2D eigenvalue weighted by atomic mass is 14.9. The van der Waals surface area contributed by atoms with Gasteiger partial charge in [-0.1, -0.05) is 63.2 Å². The van der Waals surface area contributed by atoms with E-state index in [1.165, 1.54) is 5.56 Å². The molecule has 0 saturated carbocycles. The lowest BCUT2D eigenvalue weighted by atomic mass is 9.76. The number of nitrogens with one attached hydrogen (secondary N) is 1. The van der Waals surface area contributed by atoms with E-state index in [-0.39, 0.29) is 11.3 Å². The van der Waals surface area contributed by atoms with E-state index < -0.39 is 0 Å². The second-order valence-corrected chi connectivity index (χ2v) is 6.35. The molecule has 0 bridgehead atoms. The summed E-state index contributed by atoms with van der Waals surface area (Å²) in [6.07, 6.45) is 0. The number of hydrogen-bond donors (Lipinski definition) is 1. The van der Waals surface area contributed by atoms with Crippen LogP contribution >= 0.6 is 0 Å². The van der Waals surface area contributed by atoms with Crippen molar-refractivity contribution in [2.24, 2.45) is 5.41 Å². The molecule has 0 aliphatic carbocycles. The van der Waals surface area contributed by atoms with E-state index in [0.717, 1.165) is 16.9 Å². The summed E-state index contributed by atoms with van der Waals surface area (Å²) in [6.45, 7) is 6.79. The second-order valence-electron chi connectivity index (χ2n) is 6.35. The van der Waals surface area contributed by atoms with Gasteiger partial charge in [0.05, 0.1) is 11.0 Å². The van der Waals surface area contributed by atoms with Gasteiger partial charge in [-0.25, -0.2) is 4.98 Å². The van der Waals surface area contributed by atoms with Crippen molar-refractivity contribution in [3.05, 3.63) is 66.0 Å². The van der Waals surface area contributed by atoms with Crippen molar-refractivity contribution < 1.29 is 0 Å². The average Bonchev–Trinajstić information content (AvgIpc) is 2.81. The zero-order valence-electron chi connectivity index (χ0n) is 12.2. The number of hydrogen-bond acceptors (Lipinski definition) is 1. The lowest BCUT2D eigenvalue weighted by molar-refractivity contribution is 0.349. The highest BCUT2D eigenvalue weighted by Gasteiger charge is 2.30. The van der Waals surface area contributed by atoms with Crippen molar-refractivity contribution in [1.82, 2.24) is 9.97 Å². The average molecular weight is 264 g/mol. The lowest BCUT2D eigenvalue weighted by Gasteiger charge is -2.29. The number of aromatic nitrogens is 2. The molecule has 20 heavy (non-hydrogen) atoms. The summed E-state index contributed by atoms with van der Waals surface area (Å²) in [6, 6.07) is 18.8. The lowest BCUT2D eigenvalue weighted by Crippen LogP contribution is -2.20. The summed E-state index contributed by atoms with van der Waals surface area (Å²) in [5.74, 6) is 1.31. The summed E-state index contributed by atoms with van der Waals surface area (Å²) < 4.78 is 0. The zero-order valence-corrected chi connectivity index (χ0v) is 12.2. The number of imidazole rings is 1. The molecule has 0 saturated heterocycles. The minimum Gasteiger partial charge on any atom is -0.341 e. The van der Waals surface area contributed by atoms with Gasteiger partial charge in [-0.2, -0.15) is 0 Å². The van der Waals surface area contributed by atoms with E-state index in [1.54, 1.807) is 0 Å². The number of H-pyrrole nitrogens is 1. The summed E-state index contributed by atoms with van der Waals surface area (Å²) in [5.41, 5.74) is 3.55. The van der Waals surface area contributed by atoms with Crippen LogP contribution in [0.5, 0.6) is 0 Å². The predicted octanol–water partition coefficient (Wildman–Crippen LogP) is 4.74. The molecule has 0 radical (unpaired) electrons. The topological polar surface area (TPSA) is 28.7 Å². The van der Waals surface area contributed by atoms with Crippen molar-refractivity contribution in [2.45, 2.75) is 26.7 Å². The third kappa shape index (κ3) is 2.34. The van der Waals surface area contributed by atoms with E-state index in [4.69, 9.17) is 4.98 Å². The Balaban J connectivity index is 2.15. The Labute approximate surface area is 119 Å². The van der Waals surface area contributed by atoms with Gasteiger partial charge in [0.2, 0.25) is 0 Å². The molecule has 0 aliphatic heterocycles. The SMILES string of the molecule is CC(C)(C)C(c1ccccc1)c1nc2ccccc2[nH]1. The monoisotopic (exact) mass is 264 g/mol. The molecule has 2 heteroatoms. The molecule has 2 aromatic carbocycles. The van der Waals surface area contributed by atoms with E-state index in [1.807, 2.05) is 12.1 Å². The summed E-state index contributed by atoms with van der Waals surface area (Å²) in [7, 11) is 0.